The summed E-state index contributed by atoms with van der Waals surface area (Å²) in [6, 6.07) is 9.48. The maximum absolute atomic E-state index is 11.4. The lowest BCUT2D eigenvalue weighted by Gasteiger charge is -1.97. The van der Waals surface area contributed by atoms with Crippen LogP contribution in [-0.2, 0) is 0 Å². The first kappa shape index (κ1) is 17.8. The van der Waals surface area contributed by atoms with Gasteiger partial charge in [0.1, 0.15) is 0 Å². The van der Waals surface area contributed by atoms with Gasteiger partial charge in [-0.05, 0) is 6.42 Å². The second-order valence-electron chi connectivity index (χ2n) is 4.09. The van der Waals surface area contributed by atoms with Crippen molar-refractivity contribution in [1.82, 2.24) is 5.32 Å². The summed E-state index contributed by atoms with van der Waals surface area (Å²) in [4.78, 5) is 11.4. The molecule has 4 heteroatoms. The topological polar surface area (TPSA) is 69.6 Å². The number of hydrogen-bond acceptors (Lipinski definition) is 4. The number of rotatable bonds is 8. The zero-order valence-electron chi connectivity index (χ0n) is 11.6. The quantitative estimate of drug-likeness (QED) is 0.494. The Labute approximate surface area is 115 Å². The first-order chi connectivity index (χ1) is 9.26. The maximum atomic E-state index is 11.4. The molecule has 3 N–H and O–H groups in total. The highest BCUT2D eigenvalue weighted by molar-refractivity contribution is 5.95. The molecule has 0 radical (unpaired) electrons. The Morgan fingerprint density at radius 3 is 2.16 bits per heavy atom. The highest BCUT2D eigenvalue weighted by Crippen LogP contribution is 2.05. The van der Waals surface area contributed by atoms with Gasteiger partial charge in [0, 0.05) is 25.1 Å². The minimum absolute atomic E-state index is 0.139. The van der Waals surface area contributed by atoms with Crippen molar-refractivity contribution in [1.29, 1.82) is 0 Å². The number of Topliss-reactive ketones (excluding diaryl/α,β-unsaturated/α-hetero) is 1. The van der Waals surface area contributed by atoms with E-state index in [1.807, 2.05) is 30.3 Å². The fourth-order valence-corrected chi connectivity index (χ4v) is 1.39. The van der Waals surface area contributed by atoms with Crippen LogP contribution in [0.25, 0.3) is 0 Å². The summed E-state index contributed by atoms with van der Waals surface area (Å²) < 4.78 is 0. The van der Waals surface area contributed by atoms with Crippen molar-refractivity contribution in [2.75, 3.05) is 26.3 Å². The molecule has 0 atom stereocenters. The van der Waals surface area contributed by atoms with E-state index in [9.17, 15) is 4.79 Å². The van der Waals surface area contributed by atoms with Crippen LogP contribution in [0.4, 0.5) is 0 Å². The Morgan fingerprint density at radius 2 is 1.68 bits per heavy atom. The molecule has 0 saturated heterocycles. The smallest absolute Gasteiger partial charge is 0.162 e. The summed E-state index contributed by atoms with van der Waals surface area (Å²) in [7, 11) is 0. The van der Waals surface area contributed by atoms with Gasteiger partial charge < -0.3 is 15.5 Å². The largest absolute Gasteiger partial charge is 0.395 e. The van der Waals surface area contributed by atoms with Crippen LogP contribution in [0.15, 0.2) is 30.3 Å². The van der Waals surface area contributed by atoms with Crippen molar-refractivity contribution in [2.45, 2.75) is 26.2 Å². The van der Waals surface area contributed by atoms with Crippen LogP contribution in [-0.4, -0.2) is 42.3 Å². The van der Waals surface area contributed by atoms with E-state index in [0.29, 0.717) is 19.5 Å². The van der Waals surface area contributed by atoms with E-state index < -0.39 is 0 Å². The molecule has 0 unspecified atom stereocenters. The van der Waals surface area contributed by atoms with Crippen LogP contribution in [0.1, 0.15) is 36.5 Å². The molecule has 1 aromatic carbocycles. The molecule has 0 aliphatic rings. The number of aliphatic hydroxyl groups excluding tert-OH is 2. The second kappa shape index (κ2) is 13.2. The van der Waals surface area contributed by atoms with Crippen molar-refractivity contribution < 1.29 is 15.0 Å². The number of carbonyl (C=O) groups is 1. The molecule has 0 saturated carbocycles. The van der Waals surface area contributed by atoms with Crippen LogP contribution in [0, 0.1) is 0 Å². The summed E-state index contributed by atoms with van der Waals surface area (Å²) >= 11 is 0. The van der Waals surface area contributed by atoms with Crippen molar-refractivity contribution in [3.8, 4) is 0 Å². The van der Waals surface area contributed by atoms with E-state index in [4.69, 9.17) is 10.2 Å². The van der Waals surface area contributed by atoms with Gasteiger partial charge in [0.05, 0.1) is 13.2 Å². The Morgan fingerprint density at radius 1 is 1.11 bits per heavy atom. The number of carbonyl (C=O) groups excluding carboxylic acids is 1. The van der Waals surface area contributed by atoms with Gasteiger partial charge in [-0.1, -0.05) is 43.7 Å². The number of hydrogen-bond donors (Lipinski definition) is 3. The summed E-state index contributed by atoms with van der Waals surface area (Å²) in [5.41, 5.74) is 0.839. The molecule has 108 valence electrons. The SMILES string of the molecule is CCCCC(=O)c1ccccc1.OCCNCCO. The van der Waals surface area contributed by atoms with E-state index in [1.165, 1.54) is 0 Å². The van der Waals surface area contributed by atoms with Gasteiger partial charge in [-0.3, -0.25) is 4.79 Å². The van der Waals surface area contributed by atoms with Gasteiger partial charge in [-0.2, -0.15) is 0 Å². The zero-order valence-corrected chi connectivity index (χ0v) is 11.6. The minimum atomic E-state index is 0.139. The minimum Gasteiger partial charge on any atom is -0.395 e. The van der Waals surface area contributed by atoms with Gasteiger partial charge in [-0.15, -0.1) is 0 Å². The third-order valence-electron chi connectivity index (χ3n) is 2.43. The number of aliphatic hydroxyl groups is 2. The lowest BCUT2D eigenvalue weighted by molar-refractivity contribution is 0.0980. The lowest BCUT2D eigenvalue weighted by atomic mass is 10.1. The predicted octanol–water partition coefficient (Wildman–Crippen LogP) is 1.62. The molecule has 1 rings (SSSR count). The molecule has 19 heavy (non-hydrogen) atoms. The monoisotopic (exact) mass is 267 g/mol. The van der Waals surface area contributed by atoms with Crippen LogP contribution in [0.2, 0.25) is 0 Å². The highest BCUT2D eigenvalue weighted by atomic mass is 16.3. The first-order valence-electron chi connectivity index (χ1n) is 6.77. The second-order valence-corrected chi connectivity index (χ2v) is 4.09. The zero-order chi connectivity index (χ0) is 14.3. The van der Waals surface area contributed by atoms with Crippen molar-refractivity contribution >= 4 is 5.78 Å². The van der Waals surface area contributed by atoms with E-state index in [2.05, 4.69) is 12.2 Å². The van der Waals surface area contributed by atoms with Gasteiger partial charge in [0.15, 0.2) is 5.78 Å². The lowest BCUT2D eigenvalue weighted by Crippen LogP contribution is -2.21. The fraction of sp³-hybridized carbons (Fsp3) is 0.533. The molecule has 0 aliphatic heterocycles. The van der Waals surface area contributed by atoms with E-state index >= 15 is 0 Å². The molecule has 4 nitrogen and oxygen atoms in total. The highest BCUT2D eigenvalue weighted by Gasteiger charge is 2.02. The third-order valence-corrected chi connectivity index (χ3v) is 2.43. The van der Waals surface area contributed by atoms with Crippen LogP contribution >= 0.6 is 0 Å². The van der Waals surface area contributed by atoms with Gasteiger partial charge in [0.25, 0.3) is 0 Å². The molecule has 0 aromatic heterocycles. The number of unbranched alkanes of at least 4 members (excludes halogenated alkanes) is 1. The fourth-order valence-electron chi connectivity index (χ4n) is 1.39. The standard InChI is InChI=1S/C11H14O.C4H11NO2/c1-2-3-9-11(12)10-7-5-4-6-8-10;6-3-1-5-2-4-7/h4-8H,2-3,9H2,1H3;5-7H,1-4H2. The van der Waals surface area contributed by atoms with Gasteiger partial charge in [-0.25, -0.2) is 0 Å². The predicted molar refractivity (Wildman–Crippen MR) is 77.3 cm³/mol. The maximum Gasteiger partial charge on any atom is 0.162 e. The molecule has 0 bridgehead atoms. The van der Waals surface area contributed by atoms with Crippen LogP contribution in [0.3, 0.4) is 0 Å². The van der Waals surface area contributed by atoms with Crippen molar-refractivity contribution in [2.24, 2.45) is 0 Å². The Kier molecular flexibility index (Phi) is 12.4. The van der Waals surface area contributed by atoms with Crippen LogP contribution in [0.5, 0.6) is 0 Å². The van der Waals surface area contributed by atoms with E-state index in [1.54, 1.807) is 0 Å². The van der Waals surface area contributed by atoms with Gasteiger partial charge >= 0.3 is 0 Å². The normalized spacial score (nSPS) is 9.63. The molecule has 0 fully saturated rings. The molecular formula is C15H25NO3. The molecule has 0 amide bonds. The Balaban J connectivity index is 0.000000399. The summed E-state index contributed by atoms with van der Waals surface area (Å²) in [5, 5.41) is 19.1. The molecule has 1 aromatic rings. The Bertz CT molecular complexity index is 310. The molecule has 0 aliphatic carbocycles. The number of nitrogens with one attached hydrogen (secondary N) is 1. The first-order valence-corrected chi connectivity index (χ1v) is 6.77. The summed E-state index contributed by atoms with van der Waals surface area (Å²) in [6.07, 6.45) is 2.76. The summed E-state index contributed by atoms with van der Waals surface area (Å²) in [6.45, 7) is 3.51. The number of ketones is 1. The average molecular weight is 267 g/mol. The van der Waals surface area contributed by atoms with Crippen molar-refractivity contribution in [3.63, 3.8) is 0 Å². The molecule has 0 spiro atoms. The van der Waals surface area contributed by atoms with E-state index in [0.717, 1.165) is 18.4 Å². The molecular weight excluding hydrogens is 242 g/mol. The van der Waals surface area contributed by atoms with E-state index in [-0.39, 0.29) is 19.0 Å². The summed E-state index contributed by atoms with van der Waals surface area (Å²) in [5.74, 6) is 0.262. The Hall–Kier alpha value is -1.23. The van der Waals surface area contributed by atoms with Gasteiger partial charge in [0.2, 0.25) is 0 Å². The average Bonchev–Trinajstić information content (AvgIpc) is 2.47. The number of benzene rings is 1. The van der Waals surface area contributed by atoms with Crippen molar-refractivity contribution in [3.05, 3.63) is 35.9 Å². The third kappa shape index (κ3) is 10.4. The van der Waals surface area contributed by atoms with Crippen LogP contribution < -0.4 is 5.32 Å². The molecule has 0 heterocycles.